The van der Waals surface area contributed by atoms with Gasteiger partial charge in [0, 0.05) is 31.6 Å². The number of aromatic nitrogens is 3. The summed E-state index contributed by atoms with van der Waals surface area (Å²) in [5, 5.41) is 2.04. The third kappa shape index (κ3) is 3.86. The van der Waals surface area contributed by atoms with E-state index >= 15 is 0 Å². The van der Waals surface area contributed by atoms with Crippen LogP contribution in [0.5, 0.6) is 0 Å². The van der Waals surface area contributed by atoms with Crippen molar-refractivity contribution in [1.29, 1.82) is 0 Å². The zero-order chi connectivity index (χ0) is 18.8. The first-order valence-electron chi connectivity index (χ1n) is 8.92. The number of pyridine rings is 1. The minimum atomic E-state index is -0.461. The number of carbonyl (C=O) groups excluding carboxylic acids is 1. The quantitative estimate of drug-likeness (QED) is 0.801. The number of halogens is 2. The number of hydrogen-bond donors (Lipinski definition) is 0. The van der Waals surface area contributed by atoms with Crippen molar-refractivity contribution in [2.45, 2.75) is 25.3 Å². The Morgan fingerprint density at radius 1 is 1.11 bits per heavy atom. The minimum Gasteiger partial charge on any atom is -0.341 e. The van der Waals surface area contributed by atoms with Crippen molar-refractivity contribution in [3.8, 4) is 0 Å². The van der Waals surface area contributed by atoms with E-state index in [4.69, 9.17) is 16.4 Å². The van der Waals surface area contributed by atoms with Crippen molar-refractivity contribution in [1.82, 2.24) is 20.0 Å². The van der Waals surface area contributed by atoms with Crippen molar-refractivity contribution < 1.29 is 14.0 Å². The molecule has 9 heteroatoms. The summed E-state index contributed by atoms with van der Waals surface area (Å²) in [7, 11) is 0. The highest BCUT2D eigenvalue weighted by Crippen LogP contribution is 2.33. The van der Waals surface area contributed by atoms with E-state index in [0.717, 1.165) is 18.1 Å². The van der Waals surface area contributed by atoms with Crippen LogP contribution in [0.25, 0.3) is 0 Å². The lowest BCUT2D eigenvalue weighted by Gasteiger charge is -2.33. The van der Waals surface area contributed by atoms with Crippen LogP contribution < -0.4 is 4.90 Å². The highest BCUT2D eigenvalue weighted by Gasteiger charge is 2.37. The Morgan fingerprint density at radius 2 is 1.85 bits per heavy atom. The van der Waals surface area contributed by atoms with E-state index in [9.17, 15) is 9.18 Å². The molecule has 1 atom stereocenters. The molecule has 4 rings (SSSR count). The summed E-state index contributed by atoms with van der Waals surface area (Å²) in [4.78, 5) is 32.9. The molecular weight excluding hydrogens is 373 g/mol. The number of amides is 1. The van der Waals surface area contributed by atoms with Crippen LogP contribution in [0, 0.1) is 11.7 Å². The maximum absolute atomic E-state index is 13.0. The zero-order valence-corrected chi connectivity index (χ0v) is 15.3. The highest BCUT2D eigenvalue weighted by atomic mass is 35.5. The second kappa shape index (κ2) is 7.74. The maximum Gasteiger partial charge on any atom is 0.250 e. The second-order valence-electron chi connectivity index (χ2n) is 6.67. The largest absolute Gasteiger partial charge is 0.341 e. The molecule has 2 saturated heterocycles. The molecule has 2 fully saturated rings. The molecule has 0 radical (unpaired) electrons. The Hall–Kier alpha value is -2.32. The molecule has 142 valence electrons. The molecule has 2 aromatic rings. The first-order valence-corrected chi connectivity index (χ1v) is 9.29. The van der Waals surface area contributed by atoms with E-state index in [1.54, 1.807) is 12.3 Å². The monoisotopic (exact) mass is 391 g/mol. The third-order valence-corrected chi connectivity index (χ3v) is 5.17. The smallest absolute Gasteiger partial charge is 0.250 e. The van der Waals surface area contributed by atoms with Crippen molar-refractivity contribution >= 4 is 23.5 Å². The summed E-state index contributed by atoms with van der Waals surface area (Å²) in [6.07, 6.45) is 5.94. The van der Waals surface area contributed by atoms with E-state index in [1.165, 1.54) is 5.06 Å². The second-order valence-corrected chi connectivity index (χ2v) is 7.10. The fraction of sp³-hybridized carbons (Fsp3) is 0.444. The Kier molecular flexibility index (Phi) is 5.18. The molecule has 7 nitrogen and oxygen atoms in total. The number of hydrogen-bond acceptors (Lipinski definition) is 6. The number of anilines is 1. The molecule has 2 aromatic heterocycles. The number of piperidine rings is 1. The van der Waals surface area contributed by atoms with Crippen molar-refractivity contribution in [3.63, 3.8) is 0 Å². The Balaban J connectivity index is 1.39. The molecule has 0 aromatic carbocycles. The van der Waals surface area contributed by atoms with Gasteiger partial charge in [0.1, 0.15) is 6.04 Å². The van der Waals surface area contributed by atoms with Gasteiger partial charge in [-0.3, -0.25) is 14.6 Å². The van der Waals surface area contributed by atoms with E-state index in [-0.39, 0.29) is 17.9 Å². The van der Waals surface area contributed by atoms with Gasteiger partial charge < -0.3 is 4.90 Å². The standard InChI is InChI=1S/C18H19ClFN5O2/c19-13-1-2-15(21-9-13)16-5-8-27-25(16)17(26)12-3-6-24(7-4-12)18-22-10-14(20)11-23-18/h1-2,9-12,16H,3-8H2/t16-/m0/s1. The van der Waals surface area contributed by atoms with Gasteiger partial charge in [0.15, 0.2) is 5.82 Å². The maximum atomic E-state index is 13.0. The van der Waals surface area contributed by atoms with Gasteiger partial charge in [0.25, 0.3) is 0 Å². The fourth-order valence-corrected chi connectivity index (χ4v) is 3.63. The van der Waals surface area contributed by atoms with Crippen LogP contribution in [0.3, 0.4) is 0 Å². The SMILES string of the molecule is O=C(C1CCN(c2ncc(F)cn2)CC1)N1OCC[C@H]1c1ccc(Cl)cn1. The average molecular weight is 392 g/mol. The van der Waals surface area contributed by atoms with Gasteiger partial charge in [-0.05, 0) is 25.0 Å². The van der Waals surface area contributed by atoms with Gasteiger partial charge >= 0.3 is 0 Å². The highest BCUT2D eigenvalue weighted by molar-refractivity contribution is 6.30. The molecular formula is C18H19ClFN5O2. The van der Waals surface area contributed by atoms with Crippen molar-refractivity contribution in [3.05, 3.63) is 47.3 Å². The third-order valence-electron chi connectivity index (χ3n) is 4.95. The van der Waals surface area contributed by atoms with Gasteiger partial charge in [0.2, 0.25) is 11.9 Å². The van der Waals surface area contributed by atoms with Gasteiger partial charge in [0.05, 0.1) is 29.7 Å². The molecule has 0 aliphatic carbocycles. The van der Waals surface area contributed by atoms with Gasteiger partial charge in [-0.15, -0.1) is 0 Å². The lowest BCUT2D eigenvalue weighted by Crippen LogP contribution is -2.42. The van der Waals surface area contributed by atoms with Crippen LogP contribution >= 0.6 is 11.6 Å². The Morgan fingerprint density at radius 3 is 2.52 bits per heavy atom. The van der Waals surface area contributed by atoms with Crippen LogP contribution in [-0.4, -0.2) is 45.6 Å². The molecule has 0 unspecified atom stereocenters. The first-order chi connectivity index (χ1) is 13.1. The summed E-state index contributed by atoms with van der Waals surface area (Å²) < 4.78 is 13.0. The van der Waals surface area contributed by atoms with Gasteiger partial charge in [-0.1, -0.05) is 11.6 Å². The number of rotatable bonds is 3. The summed E-state index contributed by atoms with van der Waals surface area (Å²) in [5.74, 6) is -0.122. The molecule has 2 aliphatic rings. The van der Waals surface area contributed by atoms with E-state index in [2.05, 4.69) is 15.0 Å². The number of carbonyl (C=O) groups is 1. The van der Waals surface area contributed by atoms with E-state index < -0.39 is 5.82 Å². The molecule has 2 aliphatic heterocycles. The fourth-order valence-electron chi connectivity index (χ4n) is 3.51. The normalized spacial score (nSPS) is 20.9. The topological polar surface area (TPSA) is 71.5 Å². The molecule has 0 bridgehead atoms. The van der Waals surface area contributed by atoms with Crippen molar-refractivity contribution in [2.75, 3.05) is 24.6 Å². The summed E-state index contributed by atoms with van der Waals surface area (Å²) in [5.41, 5.74) is 0.780. The lowest BCUT2D eigenvalue weighted by atomic mass is 9.95. The molecule has 0 spiro atoms. The van der Waals surface area contributed by atoms with Crippen LogP contribution in [0.4, 0.5) is 10.3 Å². The van der Waals surface area contributed by atoms with Crippen LogP contribution in [0.1, 0.15) is 31.0 Å². The van der Waals surface area contributed by atoms with Crippen LogP contribution in [-0.2, 0) is 9.63 Å². The lowest BCUT2D eigenvalue weighted by molar-refractivity contribution is -0.182. The predicted octanol–water partition coefficient (Wildman–Crippen LogP) is 2.79. The first kappa shape index (κ1) is 18.1. The van der Waals surface area contributed by atoms with Crippen LogP contribution in [0.2, 0.25) is 5.02 Å². The number of nitrogens with zero attached hydrogens (tertiary/aromatic N) is 5. The van der Waals surface area contributed by atoms with Gasteiger partial charge in [-0.25, -0.2) is 19.4 Å². The summed E-state index contributed by atoms with van der Waals surface area (Å²) in [6, 6.07) is 3.41. The number of hydroxylamine groups is 2. The molecule has 0 saturated carbocycles. The van der Waals surface area contributed by atoms with Crippen LogP contribution in [0.15, 0.2) is 30.7 Å². The van der Waals surface area contributed by atoms with Gasteiger partial charge in [-0.2, -0.15) is 0 Å². The average Bonchev–Trinajstić information content (AvgIpc) is 3.18. The molecule has 27 heavy (non-hydrogen) atoms. The Labute approximate surface area is 161 Å². The molecule has 1 amide bonds. The summed E-state index contributed by atoms with van der Waals surface area (Å²) >= 11 is 5.90. The summed E-state index contributed by atoms with van der Waals surface area (Å²) in [6.45, 7) is 1.77. The van der Waals surface area contributed by atoms with E-state index in [0.29, 0.717) is 49.9 Å². The molecule has 4 heterocycles. The van der Waals surface area contributed by atoms with Crippen molar-refractivity contribution in [2.24, 2.45) is 5.92 Å². The zero-order valence-electron chi connectivity index (χ0n) is 14.6. The predicted molar refractivity (Wildman–Crippen MR) is 96.3 cm³/mol. The van der Waals surface area contributed by atoms with E-state index in [1.807, 2.05) is 11.0 Å². The Bertz CT molecular complexity index is 796. The molecule has 0 N–H and O–H groups in total. The minimum absolute atomic E-state index is 0.0195.